The second-order valence-electron chi connectivity index (χ2n) is 7.23. The number of rotatable bonds is 6. The van der Waals surface area contributed by atoms with Crippen LogP contribution in [0.5, 0.6) is 5.75 Å². The average molecular weight is 426 g/mol. The Morgan fingerprint density at radius 1 is 0.875 bits per heavy atom. The third-order valence-electron chi connectivity index (χ3n) is 5.40. The highest BCUT2D eigenvalue weighted by atomic mass is 16.5. The van der Waals surface area contributed by atoms with E-state index in [1.807, 2.05) is 48.5 Å². The SMILES string of the molecule is COC(=O)C(c1ccc(OC)cc1)c1c(-c2ccccc2)nc2ccccc2c1C(N)=O. The van der Waals surface area contributed by atoms with Gasteiger partial charge in [0.25, 0.3) is 0 Å². The molecule has 1 unspecified atom stereocenters. The molecule has 3 aromatic carbocycles. The molecule has 0 saturated carbocycles. The zero-order valence-corrected chi connectivity index (χ0v) is 17.7. The van der Waals surface area contributed by atoms with Crippen molar-refractivity contribution in [2.24, 2.45) is 5.73 Å². The molecule has 0 aliphatic carbocycles. The highest BCUT2D eigenvalue weighted by molar-refractivity contribution is 6.10. The van der Waals surface area contributed by atoms with Gasteiger partial charge in [0.2, 0.25) is 5.91 Å². The van der Waals surface area contributed by atoms with Gasteiger partial charge in [0.05, 0.1) is 31.0 Å². The topological polar surface area (TPSA) is 91.5 Å². The van der Waals surface area contributed by atoms with Gasteiger partial charge >= 0.3 is 5.97 Å². The first-order valence-electron chi connectivity index (χ1n) is 10.0. The molecule has 6 heteroatoms. The summed E-state index contributed by atoms with van der Waals surface area (Å²) >= 11 is 0. The summed E-state index contributed by atoms with van der Waals surface area (Å²) < 4.78 is 10.4. The molecule has 0 radical (unpaired) electrons. The number of fused-ring (bicyclic) bond motifs is 1. The number of hydrogen-bond donors (Lipinski definition) is 1. The molecule has 0 fully saturated rings. The largest absolute Gasteiger partial charge is 0.497 e. The Bertz CT molecular complexity index is 1280. The van der Waals surface area contributed by atoms with E-state index < -0.39 is 17.8 Å². The number of benzene rings is 3. The summed E-state index contributed by atoms with van der Waals surface area (Å²) in [4.78, 5) is 30.8. The summed E-state index contributed by atoms with van der Waals surface area (Å²) in [6, 6.07) is 23.7. The number of pyridine rings is 1. The van der Waals surface area contributed by atoms with Crippen LogP contribution in [0.1, 0.15) is 27.4 Å². The molecule has 4 rings (SSSR count). The molecule has 4 aromatic rings. The molecule has 1 atom stereocenters. The van der Waals surface area contributed by atoms with Crippen LogP contribution in [0.2, 0.25) is 0 Å². The van der Waals surface area contributed by atoms with E-state index in [1.165, 1.54) is 7.11 Å². The number of primary amides is 1. The number of carbonyl (C=O) groups excluding carboxylic acids is 2. The lowest BCUT2D eigenvalue weighted by Gasteiger charge is -2.23. The van der Waals surface area contributed by atoms with Crippen molar-refractivity contribution >= 4 is 22.8 Å². The van der Waals surface area contributed by atoms with Gasteiger partial charge in [0, 0.05) is 16.5 Å². The molecule has 0 bridgehead atoms. The van der Waals surface area contributed by atoms with Crippen molar-refractivity contribution in [1.29, 1.82) is 0 Å². The van der Waals surface area contributed by atoms with Gasteiger partial charge in [-0.3, -0.25) is 9.59 Å². The number of nitrogens with zero attached hydrogens (tertiary/aromatic N) is 1. The maximum absolute atomic E-state index is 13.1. The first-order valence-corrected chi connectivity index (χ1v) is 10.0. The van der Waals surface area contributed by atoms with Gasteiger partial charge in [-0.15, -0.1) is 0 Å². The van der Waals surface area contributed by atoms with Crippen molar-refractivity contribution in [3.05, 3.63) is 95.6 Å². The summed E-state index contributed by atoms with van der Waals surface area (Å²) in [6.45, 7) is 0. The van der Waals surface area contributed by atoms with Crippen LogP contribution in [-0.2, 0) is 9.53 Å². The van der Waals surface area contributed by atoms with E-state index in [2.05, 4.69) is 0 Å². The van der Waals surface area contributed by atoms with Crippen LogP contribution < -0.4 is 10.5 Å². The second-order valence-corrected chi connectivity index (χ2v) is 7.23. The minimum atomic E-state index is -0.916. The highest BCUT2D eigenvalue weighted by Crippen LogP contribution is 2.39. The summed E-state index contributed by atoms with van der Waals surface area (Å²) in [6.07, 6.45) is 0. The third-order valence-corrected chi connectivity index (χ3v) is 5.40. The molecule has 1 heterocycles. The van der Waals surface area contributed by atoms with Crippen molar-refractivity contribution in [1.82, 2.24) is 4.98 Å². The Balaban J connectivity index is 2.12. The van der Waals surface area contributed by atoms with Crippen molar-refractivity contribution in [2.75, 3.05) is 14.2 Å². The lowest BCUT2D eigenvalue weighted by atomic mass is 9.83. The summed E-state index contributed by atoms with van der Waals surface area (Å²) in [7, 11) is 2.89. The predicted molar refractivity (Wildman–Crippen MR) is 123 cm³/mol. The average Bonchev–Trinajstić information content (AvgIpc) is 2.84. The number of nitrogens with two attached hydrogens (primary N) is 1. The fourth-order valence-electron chi connectivity index (χ4n) is 3.92. The van der Waals surface area contributed by atoms with Crippen LogP contribution in [0.15, 0.2) is 78.9 Å². The normalized spacial score (nSPS) is 11.7. The number of para-hydroxylation sites is 1. The van der Waals surface area contributed by atoms with Gasteiger partial charge in [-0.05, 0) is 23.8 Å². The van der Waals surface area contributed by atoms with Crippen LogP contribution >= 0.6 is 0 Å². The van der Waals surface area contributed by atoms with Crippen molar-refractivity contribution < 1.29 is 19.1 Å². The number of aromatic nitrogens is 1. The monoisotopic (exact) mass is 426 g/mol. The standard InChI is InChI=1S/C26H22N2O4/c1-31-18-14-12-16(13-15-18)21(26(30)32-2)23-22(25(27)29)19-10-6-7-11-20(19)28-24(23)17-8-4-3-5-9-17/h3-15,21H,1-2H3,(H2,27,29). The number of carbonyl (C=O) groups is 2. The minimum Gasteiger partial charge on any atom is -0.497 e. The number of amides is 1. The quantitative estimate of drug-likeness (QED) is 0.464. The van der Waals surface area contributed by atoms with E-state index >= 15 is 0 Å². The maximum Gasteiger partial charge on any atom is 0.317 e. The molecule has 0 spiro atoms. The fourth-order valence-corrected chi connectivity index (χ4v) is 3.92. The van der Waals surface area contributed by atoms with Crippen LogP contribution in [0, 0.1) is 0 Å². The smallest absolute Gasteiger partial charge is 0.317 e. The van der Waals surface area contributed by atoms with E-state index in [0.717, 1.165) is 5.56 Å². The van der Waals surface area contributed by atoms with E-state index in [1.54, 1.807) is 37.4 Å². The number of hydrogen-bond acceptors (Lipinski definition) is 5. The first-order chi connectivity index (χ1) is 15.5. The van der Waals surface area contributed by atoms with E-state index in [4.69, 9.17) is 20.2 Å². The van der Waals surface area contributed by atoms with Gasteiger partial charge in [-0.1, -0.05) is 60.7 Å². The second kappa shape index (κ2) is 8.89. The Morgan fingerprint density at radius 2 is 1.53 bits per heavy atom. The Labute approximate surface area is 185 Å². The minimum absolute atomic E-state index is 0.251. The molecular weight excluding hydrogens is 404 g/mol. The fraction of sp³-hybridized carbons (Fsp3) is 0.115. The van der Waals surface area contributed by atoms with E-state index in [-0.39, 0.29) is 5.56 Å². The van der Waals surface area contributed by atoms with Crippen molar-refractivity contribution in [3.63, 3.8) is 0 Å². The van der Waals surface area contributed by atoms with Crippen LogP contribution in [0.3, 0.4) is 0 Å². The molecule has 160 valence electrons. The van der Waals surface area contributed by atoms with E-state index in [9.17, 15) is 9.59 Å². The molecule has 32 heavy (non-hydrogen) atoms. The molecule has 1 aromatic heterocycles. The lowest BCUT2D eigenvalue weighted by Crippen LogP contribution is -2.23. The van der Waals surface area contributed by atoms with E-state index in [0.29, 0.717) is 33.5 Å². The third kappa shape index (κ3) is 3.78. The van der Waals surface area contributed by atoms with Gasteiger partial charge in [0.1, 0.15) is 11.7 Å². The van der Waals surface area contributed by atoms with Crippen LogP contribution in [0.25, 0.3) is 22.2 Å². The lowest BCUT2D eigenvalue weighted by molar-refractivity contribution is -0.141. The summed E-state index contributed by atoms with van der Waals surface area (Å²) in [5.41, 5.74) is 9.07. The zero-order valence-electron chi connectivity index (χ0n) is 17.7. The molecule has 0 saturated heterocycles. The Hall–Kier alpha value is -4.19. The highest BCUT2D eigenvalue weighted by Gasteiger charge is 2.33. The molecular formula is C26H22N2O4. The number of ether oxygens (including phenoxy) is 2. The molecule has 6 nitrogen and oxygen atoms in total. The summed E-state index contributed by atoms with van der Waals surface area (Å²) in [5, 5.41) is 0.581. The Morgan fingerprint density at radius 3 is 2.16 bits per heavy atom. The molecule has 2 N–H and O–H groups in total. The molecule has 1 amide bonds. The predicted octanol–water partition coefficient (Wildman–Crippen LogP) is 4.31. The zero-order chi connectivity index (χ0) is 22.7. The van der Waals surface area contributed by atoms with Gasteiger partial charge < -0.3 is 15.2 Å². The van der Waals surface area contributed by atoms with Gasteiger partial charge in [-0.25, -0.2) is 4.98 Å². The van der Waals surface area contributed by atoms with Gasteiger partial charge in [0.15, 0.2) is 0 Å². The first kappa shape index (κ1) is 21.1. The summed E-state index contributed by atoms with van der Waals surface area (Å²) in [5.74, 6) is -1.43. The van der Waals surface area contributed by atoms with Gasteiger partial charge in [-0.2, -0.15) is 0 Å². The number of methoxy groups -OCH3 is 2. The molecule has 0 aliphatic rings. The maximum atomic E-state index is 13.1. The van der Waals surface area contributed by atoms with Crippen LogP contribution in [-0.4, -0.2) is 31.1 Å². The van der Waals surface area contributed by atoms with Crippen molar-refractivity contribution in [2.45, 2.75) is 5.92 Å². The number of esters is 1. The molecule has 0 aliphatic heterocycles. The Kier molecular flexibility index (Phi) is 5.85. The van der Waals surface area contributed by atoms with Crippen LogP contribution in [0.4, 0.5) is 0 Å². The van der Waals surface area contributed by atoms with Crippen molar-refractivity contribution in [3.8, 4) is 17.0 Å².